The minimum atomic E-state index is -0.194. The van der Waals surface area contributed by atoms with E-state index in [9.17, 15) is 4.79 Å². The summed E-state index contributed by atoms with van der Waals surface area (Å²) in [5.41, 5.74) is 2.76. The Bertz CT molecular complexity index is 903. The minimum Gasteiger partial charge on any atom is -0.373 e. The molecule has 26 heavy (non-hydrogen) atoms. The first-order valence-electron chi connectivity index (χ1n) is 8.87. The van der Waals surface area contributed by atoms with Gasteiger partial charge in [-0.05, 0) is 61.1 Å². The SMILES string of the molecule is Cc1cc([C@@H]2[C@@H]3O[C@@H]([C@H]4C[C@H]43)[C@@H]2C(=O)Nc2ccc(Cl)c(Cl)c2)ccn1. The number of hydrogen-bond donors (Lipinski definition) is 1. The second-order valence-electron chi connectivity index (χ2n) is 7.53. The smallest absolute Gasteiger partial charge is 0.230 e. The van der Waals surface area contributed by atoms with Gasteiger partial charge >= 0.3 is 0 Å². The van der Waals surface area contributed by atoms with Crippen molar-refractivity contribution in [3.63, 3.8) is 0 Å². The number of aromatic nitrogens is 1. The Labute approximate surface area is 161 Å². The number of halogens is 2. The number of ether oxygens (including phenoxy) is 1. The highest BCUT2D eigenvalue weighted by atomic mass is 35.5. The van der Waals surface area contributed by atoms with Crippen molar-refractivity contribution in [1.29, 1.82) is 0 Å². The highest BCUT2D eigenvalue weighted by Crippen LogP contribution is 2.65. The van der Waals surface area contributed by atoms with Gasteiger partial charge < -0.3 is 10.1 Å². The van der Waals surface area contributed by atoms with Crippen molar-refractivity contribution in [2.45, 2.75) is 31.5 Å². The summed E-state index contributed by atoms with van der Waals surface area (Å²) in [5.74, 6) is 1.00. The monoisotopic (exact) mass is 388 g/mol. The number of nitrogens with zero attached hydrogens (tertiary/aromatic N) is 1. The standard InChI is InChI=1S/C20H18Cl2N2O2/c1-9-6-10(4-5-23-9)16-17(19-13-8-12(13)18(16)26-19)20(25)24-11-2-3-14(21)15(22)7-11/h2-7,12-13,16-19H,8H2,1H3,(H,24,25)/t12-,13+,16+,17-,18-,19+/m1/s1. The lowest BCUT2D eigenvalue weighted by atomic mass is 9.75. The average Bonchev–Trinajstić information content (AvgIpc) is 3.22. The van der Waals surface area contributed by atoms with E-state index in [2.05, 4.69) is 16.4 Å². The van der Waals surface area contributed by atoms with Crippen LogP contribution in [0.15, 0.2) is 36.5 Å². The first-order chi connectivity index (χ1) is 12.5. The number of fused-ring (bicyclic) bond motifs is 5. The molecule has 6 atom stereocenters. The molecule has 1 N–H and O–H groups in total. The number of benzene rings is 1. The van der Waals surface area contributed by atoms with Gasteiger partial charge in [-0.1, -0.05) is 23.2 Å². The van der Waals surface area contributed by atoms with E-state index < -0.39 is 0 Å². The summed E-state index contributed by atoms with van der Waals surface area (Å²) in [6.07, 6.45) is 3.13. The van der Waals surface area contributed by atoms with Crippen LogP contribution in [0.1, 0.15) is 23.6 Å². The van der Waals surface area contributed by atoms with Crippen molar-refractivity contribution < 1.29 is 9.53 Å². The van der Waals surface area contributed by atoms with Crippen LogP contribution in [0.25, 0.3) is 0 Å². The Kier molecular flexibility index (Phi) is 3.78. The molecule has 3 fully saturated rings. The Hall–Kier alpha value is -1.62. The van der Waals surface area contributed by atoms with Crippen molar-refractivity contribution in [2.75, 3.05) is 5.32 Å². The third-order valence-electron chi connectivity index (χ3n) is 5.94. The second kappa shape index (κ2) is 5.95. The maximum atomic E-state index is 13.2. The quantitative estimate of drug-likeness (QED) is 0.844. The Balaban J connectivity index is 1.45. The number of aryl methyl sites for hydroxylation is 1. The maximum absolute atomic E-state index is 13.2. The van der Waals surface area contributed by atoms with E-state index in [0.29, 0.717) is 27.6 Å². The normalized spacial score (nSPS) is 33.8. The van der Waals surface area contributed by atoms with E-state index in [4.69, 9.17) is 27.9 Å². The summed E-state index contributed by atoms with van der Waals surface area (Å²) in [6.45, 7) is 1.97. The molecule has 3 aliphatic rings. The molecule has 1 saturated carbocycles. The van der Waals surface area contributed by atoms with Crippen LogP contribution in [-0.4, -0.2) is 23.1 Å². The van der Waals surface area contributed by atoms with E-state index in [0.717, 1.165) is 11.3 Å². The number of anilines is 1. The molecule has 1 amide bonds. The molecule has 134 valence electrons. The molecule has 2 aromatic rings. The predicted octanol–water partition coefficient (Wildman–Crippen LogP) is 4.45. The molecular formula is C20H18Cl2N2O2. The van der Waals surface area contributed by atoms with Crippen molar-refractivity contribution in [3.05, 3.63) is 57.8 Å². The first kappa shape index (κ1) is 16.5. The van der Waals surface area contributed by atoms with Crippen LogP contribution in [0.2, 0.25) is 10.0 Å². The number of carbonyl (C=O) groups is 1. The van der Waals surface area contributed by atoms with Crippen LogP contribution in [-0.2, 0) is 9.53 Å². The van der Waals surface area contributed by atoms with Gasteiger partial charge in [0, 0.05) is 23.5 Å². The molecule has 0 radical (unpaired) electrons. The molecule has 2 bridgehead atoms. The van der Waals surface area contributed by atoms with E-state index in [1.807, 2.05) is 19.2 Å². The lowest BCUT2D eigenvalue weighted by Gasteiger charge is -2.27. The lowest BCUT2D eigenvalue weighted by Crippen LogP contribution is -2.37. The number of carbonyl (C=O) groups excluding carboxylic acids is 1. The van der Waals surface area contributed by atoms with Crippen LogP contribution in [0.5, 0.6) is 0 Å². The second-order valence-corrected chi connectivity index (χ2v) is 8.34. The van der Waals surface area contributed by atoms with E-state index in [1.165, 1.54) is 6.42 Å². The van der Waals surface area contributed by atoms with Gasteiger partial charge in [0.05, 0.1) is 28.2 Å². The highest BCUT2D eigenvalue weighted by Gasteiger charge is 2.68. The third kappa shape index (κ3) is 2.55. The van der Waals surface area contributed by atoms with Crippen LogP contribution in [0.4, 0.5) is 5.69 Å². The van der Waals surface area contributed by atoms with Crippen LogP contribution < -0.4 is 5.32 Å². The van der Waals surface area contributed by atoms with Crippen LogP contribution >= 0.6 is 23.2 Å². The molecule has 2 saturated heterocycles. The molecule has 4 nitrogen and oxygen atoms in total. The maximum Gasteiger partial charge on any atom is 0.230 e. The molecule has 3 heterocycles. The molecule has 5 rings (SSSR count). The number of rotatable bonds is 3. The summed E-state index contributed by atoms with van der Waals surface area (Å²) >= 11 is 12.0. The zero-order chi connectivity index (χ0) is 18.0. The van der Waals surface area contributed by atoms with Gasteiger partial charge in [0.15, 0.2) is 0 Å². The molecule has 1 aliphatic carbocycles. The summed E-state index contributed by atoms with van der Waals surface area (Å²) in [7, 11) is 0. The Morgan fingerprint density at radius 2 is 1.96 bits per heavy atom. The Morgan fingerprint density at radius 3 is 2.73 bits per heavy atom. The number of amides is 1. The van der Waals surface area contributed by atoms with Gasteiger partial charge in [-0.25, -0.2) is 0 Å². The molecule has 2 aliphatic heterocycles. The number of pyridine rings is 1. The van der Waals surface area contributed by atoms with Gasteiger partial charge in [-0.15, -0.1) is 0 Å². The average molecular weight is 389 g/mol. The third-order valence-corrected chi connectivity index (χ3v) is 6.68. The van der Waals surface area contributed by atoms with Gasteiger partial charge in [-0.2, -0.15) is 0 Å². The number of nitrogens with one attached hydrogen (secondary N) is 1. The lowest BCUT2D eigenvalue weighted by molar-refractivity contribution is -0.122. The van der Waals surface area contributed by atoms with Crippen molar-refractivity contribution >= 4 is 34.8 Å². The molecule has 1 aromatic carbocycles. The fourth-order valence-corrected chi connectivity index (χ4v) is 5.07. The molecule has 6 heteroatoms. The molecule has 0 spiro atoms. The number of hydrogen-bond acceptors (Lipinski definition) is 3. The summed E-state index contributed by atoms with van der Waals surface area (Å²) in [5, 5.41) is 3.91. The van der Waals surface area contributed by atoms with E-state index in [-0.39, 0.29) is 30.0 Å². The largest absolute Gasteiger partial charge is 0.373 e. The van der Waals surface area contributed by atoms with Crippen molar-refractivity contribution in [1.82, 2.24) is 4.98 Å². The zero-order valence-electron chi connectivity index (χ0n) is 14.2. The zero-order valence-corrected chi connectivity index (χ0v) is 15.7. The summed E-state index contributed by atoms with van der Waals surface area (Å²) < 4.78 is 6.23. The summed E-state index contributed by atoms with van der Waals surface area (Å²) in [6, 6.07) is 9.23. The van der Waals surface area contributed by atoms with E-state index in [1.54, 1.807) is 18.2 Å². The van der Waals surface area contributed by atoms with Crippen LogP contribution in [0, 0.1) is 24.7 Å². The van der Waals surface area contributed by atoms with Crippen molar-refractivity contribution in [2.24, 2.45) is 17.8 Å². The van der Waals surface area contributed by atoms with Gasteiger partial charge in [0.1, 0.15) is 0 Å². The predicted molar refractivity (Wildman–Crippen MR) is 101 cm³/mol. The Morgan fingerprint density at radius 1 is 1.15 bits per heavy atom. The fraction of sp³-hybridized carbons (Fsp3) is 0.400. The van der Waals surface area contributed by atoms with Crippen LogP contribution in [0.3, 0.4) is 0 Å². The molecular weight excluding hydrogens is 371 g/mol. The van der Waals surface area contributed by atoms with Gasteiger partial charge in [0.2, 0.25) is 5.91 Å². The first-order valence-corrected chi connectivity index (χ1v) is 9.62. The van der Waals surface area contributed by atoms with Gasteiger partial charge in [-0.3, -0.25) is 9.78 Å². The fourth-order valence-electron chi connectivity index (χ4n) is 4.77. The highest BCUT2D eigenvalue weighted by molar-refractivity contribution is 6.42. The molecule has 1 aromatic heterocycles. The topological polar surface area (TPSA) is 51.2 Å². The van der Waals surface area contributed by atoms with Gasteiger partial charge in [0.25, 0.3) is 0 Å². The van der Waals surface area contributed by atoms with Crippen molar-refractivity contribution in [3.8, 4) is 0 Å². The van der Waals surface area contributed by atoms with E-state index >= 15 is 0 Å². The summed E-state index contributed by atoms with van der Waals surface area (Å²) in [4.78, 5) is 17.4. The molecule has 0 unspecified atom stereocenters. The minimum absolute atomic E-state index is 0.00578.